The summed E-state index contributed by atoms with van der Waals surface area (Å²) < 4.78 is 11.3. The Morgan fingerprint density at radius 3 is 2.67 bits per heavy atom. The zero-order valence-corrected chi connectivity index (χ0v) is 19.0. The van der Waals surface area contributed by atoms with Crippen molar-refractivity contribution in [2.45, 2.75) is 0 Å². The number of benzene rings is 2. The van der Waals surface area contributed by atoms with Gasteiger partial charge in [0.25, 0.3) is 5.69 Å². The van der Waals surface area contributed by atoms with E-state index in [0.29, 0.717) is 11.4 Å². The van der Waals surface area contributed by atoms with Crippen LogP contribution in [0.3, 0.4) is 0 Å². The van der Waals surface area contributed by atoms with Crippen molar-refractivity contribution in [2.75, 3.05) is 50.6 Å². The molecule has 33 heavy (non-hydrogen) atoms. The molecule has 0 unspecified atom stereocenters. The van der Waals surface area contributed by atoms with E-state index in [-0.39, 0.29) is 28.3 Å². The molecule has 3 aromatic rings. The van der Waals surface area contributed by atoms with E-state index in [2.05, 4.69) is 32.1 Å². The van der Waals surface area contributed by atoms with Crippen molar-refractivity contribution in [1.82, 2.24) is 14.9 Å². The van der Waals surface area contributed by atoms with Gasteiger partial charge in [0.05, 0.1) is 30.0 Å². The van der Waals surface area contributed by atoms with Gasteiger partial charge >= 0.3 is 0 Å². The van der Waals surface area contributed by atoms with Gasteiger partial charge in [0.1, 0.15) is 16.5 Å². The molecule has 1 aliphatic rings. The second kappa shape index (κ2) is 9.88. The zero-order chi connectivity index (χ0) is 23.4. The molecule has 0 radical (unpaired) electrons. The summed E-state index contributed by atoms with van der Waals surface area (Å²) in [7, 11) is 3.72. The predicted octanol–water partition coefficient (Wildman–Crippen LogP) is 4.33. The Bertz CT molecular complexity index is 1150. The summed E-state index contributed by atoms with van der Waals surface area (Å²) in [6.45, 7) is 3.92. The highest BCUT2D eigenvalue weighted by Gasteiger charge is 2.17. The molecule has 1 fully saturated rings. The lowest BCUT2D eigenvalue weighted by atomic mass is 10.2. The van der Waals surface area contributed by atoms with Crippen LogP contribution in [0.2, 0.25) is 5.02 Å². The van der Waals surface area contributed by atoms with E-state index in [1.54, 1.807) is 13.2 Å². The Labute approximate surface area is 195 Å². The summed E-state index contributed by atoms with van der Waals surface area (Å²) >= 11 is 6.18. The number of anilines is 3. The first-order chi connectivity index (χ1) is 15.9. The normalized spacial score (nSPS) is 14.1. The molecule has 0 saturated carbocycles. The maximum Gasteiger partial charge on any atom is 0.273 e. The summed E-state index contributed by atoms with van der Waals surface area (Å²) in [4.78, 5) is 23.6. The molecule has 172 valence electrons. The van der Waals surface area contributed by atoms with Crippen molar-refractivity contribution in [1.29, 1.82) is 0 Å². The van der Waals surface area contributed by atoms with Crippen LogP contribution in [0.1, 0.15) is 0 Å². The zero-order valence-electron chi connectivity index (χ0n) is 18.2. The summed E-state index contributed by atoms with van der Waals surface area (Å²) in [6.07, 6.45) is 1.40. The van der Waals surface area contributed by atoms with Crippen molar-refractivity contribution in [2.24, 2.45) is 0 Å². The van der Waals surface area contributed by atoms with Crippen LogP contribution in [-0.2, 0) is 0 Å². The van der Waals surface area contributed by atoms with Crippen molar-refractivity contribution >= 4 is 34.6 Å². The van der Waals surface area contributed by atoms with Gasteiger partial charge in [0, 0.05) is 44.0 Å². The van der Waals surface area contributed by atoms with Gasteiger partial charge in [-0.3, -0.25) is 10.1 Å². The molecule has 0 aliphatic carbocycles. The number of nitrogens with zero attached hydrogens (tertiary/aromatic N) is 5. The van der Waals surface area contributed by atoms with Crippen LogP contribution in [0.5, 0.6) is 17.4 Å². The van der Waals surface area contributed by atoms with Gasteiger partial charge in [-0.25, -0.2) is 4.98 Å². The van der Waals surface area contributed by atoms with E-state index in [4.69, 9.17) is 21.1 Å². The first-order valence-corrected chi connectivity index (χ1v) is 10.6. The summed E-state index contributed by atoms with van der Waals surface area (Å²) in [5.41, 5.74) is 1.66. The second-order valence-corrected chi connectivity index (χ2v) is 7.91. The molecule has 1 saturated heterocycles. The first-order valence-electron chi connectivity index (χ1n) is 10.3. The fourth-order valence-electron chi connectivity index (χ4n) is 3.42. The molecule has 0 bridgehead atoms. The van der Waals surface area contributed by atoms with Crippen LogP contribution in [0.4, 0.5) is 23.0 Å². The van der Waals surface area contributed by atoms with Crippen molar-refractivity contribution in [3.8, 4) is 17.4 Å². The van der Waals surface area contributed by atoms with E-state index in [1.165, 1.54) is 24.4 Å². The fraction of sp³-hybridized carbons (Fsp3) is 0.273. The highest BCUT2D eigenvalue weighted by molar-refractivity contribution is 6.31. The van der Waals surface area contributed by atoms with E-state index < -0.39 is 4.92 Å². The van der Waals surface area contributed by atoms with Gasteiger partial charge in [0.2, 0.25) is 11.8 Å². The number of non-ortho nitro benzene ring substituents is 1. The van der Waals surface area contributed by atoms with E-state index >= 15 is 0 Å². The maximum atomic E-state index is 11.0. The fourth-order valence-corrected chi connectivity index (χ4v) is 3.55. The predicted molar refractivity (Wildman–Crippen MR) is 126 cm³/mol. The van der Waals surface area contributed by atoms with Gasteiger partial charge in [-0.15, -0.1) is 0 Å². The number of nitro benzene ring substituents is 1. The van der Waals surface area contributed by atoms with Crippen molar-refractivity contribution in [3.63, 3.8) is 0 Å². The number of aromatic nitrogens is 2. The Kier molecular flexibility index (Phi) is 6.76. The smallest absolute Gasteiger partial charge is 0.273 e. The minimum Gasteiger partial charge on any atom is -0.494 e. The Morgan fingerprint density at radius 2 is 1.94 bits per heavy atom. The van der Waals surface area contributed by atoms with E-state index in [1.807, 2.05) is 18.2 Å². The third-order valence-corrected chi connectivity index (χ3v) is 5.51. The Hall–Kier alpha value is -3.63. The van der Waals surface area contributed by atoms with Crippen LogP contribution in [-0.4, -0.2) is 60.1 Å². The molecule has 1 aromatic heterocycles. The summed E-state index contributed by atoms with van der Waals surface area (Å²) in [5.74, 6) is 1.20. The van der Waals surface area contributed by atoms with Crippen molar-refractivity contribution in [3.05, 3.63) is 63.8 Å². The Morgan fingerprint density at radius 1 is 1.15 bits per heavy atom. The number of ether oxygens (including phenoxy) is 2. The number of nitro groups is 1. The van der Waals surface area contributed by atoms with E-state index in [9.17, 15) is 10.1 Å². The third kappa shape index (κ3) is 5.41. The van der Waals surface area contributed by atoms with Crippen LogP contribution in [0.15, 0.2) is 48.7 Å². The van der Waals surface area contributed by atoms with Crippen LogP contribution in [0.25, 0.3) is 0 Å². The van der Waals surface area contributed by atoms with Crippen LogP contribution >= 0.6 is 11.6 Å². The number of nitrogens with one attached hydrogen (secondary N) is 1. The minimum atomic E-state index is -0.500. The molecule has 4 rings (SSSR count). The number of halogens is 1. The lowest BCUT2D eigenvalue weighted by molar-refractivity contribution is -0.384. The monoisotopic (exact) mass is 470 g/mol. The second-order valence-electron chi connectivity index (χ2n) is 7.50. The van der Waals surface area contributed by atoms with E-state index in [0.717, 1.165) is 31.9 Å². The van der Waals surface area contributed by atoms with Gasteiger partial charge in [-0.1, -0.05) is 17.7 Å². The maximum absolute atomic E-state index is 11.0. The van der Waals surface area contributed by atoms with Crippen LogP contribution in [0, 0.1) is 10.1 Å². The van der Waals surface area contributed by atoms with Gasteiger partial charge in [-0.05, 0) is 25.2 Å². The molecule has 1 aliphatic heterocycles. The number of rotatable bonds is 7. The SMILES string of the molecule is COc1cc(N2CCN(C)CC2)ccc1Nc1ncc(Cl)c(Oc2cccc([N+](=O)[O-])c2)n1. The minimum absolute atomic E-state index is 0.0719. The molecule has 2 heterocycles. The number of likely N-dealkylation sites (N-methyl/N-ethyl adjacent to an activating group) is 1. The van der Waals surface area contributed by atoms with Crippen LogP contribution < -0.4 is 19.7 Å². The summed E-state index contributed by atoms with van der Waals surface area (Å²) in [5, 5.41) is 14.3. The molecule has 2 aromatic carbocycles. The summed E-state index contributed by atoms with van der Waals surface area (Å²) in [6, 6.07) is 11.7. The number of piperazine rings is 1. The standard InChI is InChI=1S/C22H23ClN6O4/c1-27-8-10-28(11-9-27)15-6-7-19(20(13-15)32-2)25-22-24-14-18(23)21(26-22)33-17-5-3-4-16(12-17)29(30)31/h3-7,12-14H,8-11H2,1-2H3,(H,24,25,26). The van der Waals surface area contributed by atoms with Gasteiger partial charge in [0.15, 0.2) is 0 Å². The molecule has 0 atom stereocenters. The lowest BCUT2D eigenvalue weighted by Crippen LogP contribution is -2.44. The molecule has 0 amide bonds. The average Bonchev–Trinajstić information content (AvgIpc) is 2.82. The molecule has 11 heteroatoms. The topological polar surface area (TPSA) is 106 Å². The molecule has 10 nitrogen and oxygen atoms in total. The largest absolute Gasteiger partial charge is 0.494 e. The quantitative estimate of drug-likeness (QED) is 0.398. The first kappa shape index (κ1) is 22.6. The van der Waals surface area contributed by atoms with Gasteiger partial charge < -0.3 is 24.6 Å². The third-order valence-electron chi connectivity index (χ3n) is 5.25. The number of hydrogen-bond donors (Lipinski definition) is 1. The lowest BCUT2D eigenvalue weighted by Gasteiger charge is -2.34. The highest BCUT2D eigenvalue weighted by atomic mass is 35.5. The molecular weight excluding hydrogens is 448 g/mol. The number of methoxy groups -OCH3 is 1. The molecular formula is C22H23ClN6O4. The average molecular weight is 471 g/mol. The van der Waals surface area contributed by atoms with Gasteiger partial charge in [-0.2, -0.15) is 4.98 Å². The molecule has 1 N–H and O–H groups in total. The highest BCUT2D eigenvalue weighted by Crippen LogP contribution is 2.34. The number of hydrogen-bond acceptors (Lipinski definition) is 9. The van der Waals surface area contributed by atoms with Crippen molar-refractivity contribution < 1.29 is 14.4 Å². The molecule has 0 spiro atoms. The Balaban J connectivity index is 1.53.